The molecular weight excluding hydrogens is 1470 g/mol. The van der Waals surface area contributed by atoms with Gasteiger partial charge in [0.05, 0.1) is 0 Å². The predicted molar refractivity (Wildman–Crippen MR) is 516 cm³/mol. The molecule has 0 radical (unpaired) electrons. The van der Waals surface area contributed by atoms with Gasteiger partial charge in [0.2, 0.25) is 0 Å². The number of benzene rings is 16. The second kappa shape index (κ2) is 31.9. The van der Waals surface area contributed by atoms with Crippen molar-refractivity contribution in [2.45, 2.75) is 105 Å². The topological polar surface area (TPSA) is 0 Å². The van der Waals surface area contributed by atoms with Crippen LogP contribution in [-0.4, -0.2) is 0 Å². The lowest BCUT2D eigenvalue weighted by Gasteiger charge is -2.21. The Morgan fingerprint density at radius 1 is 0.164 bits per heavy atom. The summed E-state index contributed by atoms with van der Waals surface area (Å²) < 4.78 is 11.0. The molecule has 0 amide bonds. The van der Waals surface area contributed by atoms with E-state index < -0.39 is 0 Å². The fraction of sp³-hybridized carbons (Fsp3) is 0.143. The van der Waals surface area contributed by atoms with Gasteiger partial charge < -0.3 is 0 Å². The molecule has 0 aliphatic heterocycles. The van der Waals surface area contributed by atoms with Crippen LogP contribution in [0.2, 0.25) is 0 Å². The van der Waals surface area contributed by atoms with Gasteiger partial charge in [0.1, 0.15) is 0 Å². The van der Waals surface area contributed by atoms with Crippen molar-refractivity contribution in [1.29, 1.82) is 0 Å². The highest BCUT2D eigenvalue weighted by Crippen LogP contribution is 2.49. The fourth-order valence-electron chi connectivity index (χ4n) is 16.5. The summed E-state index contributed by atoms with van der Waals surface area (Å²) in [5.41, 5.74) is 26.6. The van der Waals surface area contributed by atoms with E-state index in [0.29, 0.717) is 0 Å². The van der Waals surface area contributed by atoms with E-state index in [1.165, 1.54) is 192 Å². The molecule has 0 atom stereocenters. The molecule has 20 rings (SSSR count). The van der Waals surface area contributed by atoms with Gasteiger partial charge in [-0.25, -0.2) is 0 Å². The predicted octanol–water partition coefficient (Wildman–Crippen LogP) is 34.7. The van der Waals surface area contributed by atoms with Crippen molar-refractivity contribution in [3.8, 4) is 89.0 Å². The van der Waals surface area contributed by atoms with E-state index in [4.69, 9.17) is 0 Å². The Balaban J connectivity index is 0.000000111. The van der Waals surface area contributed by atoms with Gasteiger partial charge in [0.25, 0.3) is 0 Å². The Hall–Kier alpha value is -11.6. The number of rotatable bonds is 8. The molecule has 116 heavy (non-hydrogen) atoms. The summed E-state index contributed by atoms with van der Waals surface area (Å²) in [5, 5.41) is 11.0. The summed E-state index contributed by atoms with van der Waals surface area (Å²) in [6.07, 6.45) is 0. The van der Waals surface area contributed by atoms with Gasteiger partial charge in [-0.15, -0.1) is 45.3 Å². The number of hydrogen-bond acceptors (Lipinski definition) is 4. The van der Waals surface area contributed by atoms with Crippen LogP contribution in [0.25, 0.3) is 170 Å². The van der Waals surface area contributed by atoms with E-state index in [1.807, 2.05) is 45.3 Å². The summed E-state index contributed by atoms with van der Waals surface area (Å²) >= 11 is 7.62. The largest absolute Gasteiger partial charge is 0.135 e. The van der Waals surface area contributed by atoms with Crippen LogP contribution in [0.4, 0.5) is 0 Å². The summed E-state index contributed by atoms with van der Waals surface area (Å²) in [5.74, 6) is 0. The lowest BCUT2D eigenvalue weighted by atomic mass is 9.83. The second-order valence-corrected chi connectivity index (χ2v) is 39.0. The Labute approximate surface area is 700 Å². The third-order valence-corrected chi connectivity index (χ3v) is 27.1. The molecule has 20 aromatic rings. The molecule has 0 spiro atoms. The maximum absolute atomic E-state index is 2.40. The van der Waals surface area contributed by atoms with Crippen molar-refractivity contribution in [3.05, 3.63) is 386 Å². The molecule has 0 saturated heterocycles. The highest BCUT2D eigenvalue weighted by atomic mass is 32.1. The van der Waals surface area contributed by atoms with Crippen molar-refractivity contribution in [3.63, 3.8) is 0 Å². The van der Waals surface area contributed by atoms with E-state index in [1.54, 1.807) is 0 Å². The third-order valence-electron chi connectivity index (χ3n) is 22.5. The second-order valence-electron chi connectivity index (χ2n) is 34.7. The van der Waals surface area contributed by atoms with Gasteiger partial charge in [0, 0.05) is 80.7 Å². The van der Waals surface area contributed by atoms with E-state index in [2.05, 4.69) is 447 Å². The fourth-order valence-corrected chi connectivity index (χ4v) is 21.4. The van der Waals surface area contributed by atoms with E-state index in [-0.39, 0.29) is 21.7 Å². The van der Waals surface area contributed by atoms with Gasteiger partial charge in [-0.1, -0.05) is 374 Å². The number of hydrogen-bond donors (Lipinski definition) is 0. The first-order valence-electron chi connectivity index (χ1n) is 40.5. The zero-order valence-corrected chi connectivity index (χ0v) is 71.5. The lowest BCUT2D eigenvalue weighted by Crippen LogP contribution is -2.11. The van der Waals surface area contributed by atoms with Crippen molar-refractivity contribution in [1.82, 2.24) is 0 Å². The van der Waals surface area contributed by atoms with Crippen molar-refractivity contribution >= 4 is 126 Å². The zero-order valence-electron chi connectivity index (χ0n) is 68.3. The van der Waals surface area contributed by atoms with Gasteiger partial charge in [-0.2, -0.15) is 0 Å². The molecule has 16 aromatic carbocycles. The molecule has 0 saturated carbocycles. The van der Waals surface area contributed by atoms with Crippen LogP contribution in [0, 0.1) is 0 Å². The van der Waals surface area contributed by atoms with Gasteiger partial charge >= 0.3 is 0 Å². The lowest BCUT2D eigenvalue weighted by molar-refractivity contribution is 0.591. The molecule has 0 aliphatic carbocycles. The Morgan fingerprint density at radius 3 is 0.888 bits per heavy atom. The van der Waals surface area contributed by atoms with Crippen LogP contribution >= 0.6 is 45.3 Å². The minimum Gasteiger partial charge on any atom is -0.135 e. The third kappa shape index (κ3) is 15.8. The van der Waals surface area contributed by atoms with E-state index in [9.17, 15) is 0 Å². The van der Waals surface area contributed by atoms with Gasteiger partial charge in [-0.05, 0) is 206 Å². The Kier molecular flexibility index (Phi) is 21.2. The van der Waals surface area contributed by atoms with Crippen molar-refractivity contribution in [2.75, 3.05) is 0 Å². The average Bonchev–Trinajstić information content (AvgIpc) is 1.61. The molecule has 4 aromatic heterocycles. The molecule has 0 N–H and O–H groups in total. The quantitative estimate of drug-likeness (QED) is 0.142. The summed E-state index contributed by atoms with van der Waals surface area (Å²) in [6, 6.07) is 133. The standard InChI is InChI=1S/4C28H24S/c1-28(2,3)24-16-8-15-23-26-22(14-9-17-25(26)29-27(23)24)21-13-7-12-20(18-21)19-10-5-4-6-11-19;1-28(2,3)23-15-9-17-25-27(23)26-22(14-8-16-24(26)29-25)21-13-7-12-20(18-21)19-10-5-4-6-11-19;1-28(2,3)22-15-16-25-24(18-22)27-23(13-8-14-26(27)29-25)21-12-7-11-20(17-21)19-9-5-4-6-10-19;1-28(2,3)22-15-16-24-26(18-22)29-25-14-8-13-23(27(24)25)21-12-7-11-20(17-21)19-9-5-4-6-10-19/h4*4-18H,1-3H3. The van der Waals surface area contributed by atoms with E-state index in [0.717, 1.165) is 0 Å². The maximum atomic E-state index is 2.40. The van der Waals surface area contributed by atoms with Crippen LogP contribution in [0.3, 0.4) is 0 Å². The molecule has 0 unspecified atom stereocenters. The van der Waals surface area contributed by atoms with Crippen LogP contribution in [0.15, 0.2) is 364 Å². The molecular formula is C112H96S4. The molecule has 0 fully saturated rings. The van der Waals surface area contributed by atoms with Crippen LogP contribution < -0.4 is 0 Å². The SMILES string of the molecule is CC(C)(C)c1ccc2c(c1)sc1cccc(-c3cccc(-c4ccccc4)c3)c12.CC(C)(C)c1ccc2sc3cccc(-c4cccc(-c5ccccc5)c4)c3c2c1.CC(C)(C)c1cccc2c1sc1cccc(-c3cccc(-c4ccccc4)c3)c12.CC(C)(C)c1cccc2sc3cccc(-c4cccc(-c5ccccc5)c4)c3c12. The molecule has 4 heteroatoms. The molecule has 4 heterocycles. The molecule has 0 aliphatic rings. The van der Waals surface area contributed by atoms with E-state index >= 15 is 0 Å². The Morgan fingerprint density at radius 2 is 0.466 bits per heavy atom. The minimum atomic E-state index is 0.104. The summed E-state index contributed by atoms with van der Waals surface area (Å²) in [7, 11) is 0. The molecule has 0 bridgehead atoms. The first kappa shape index (κ1) is 77.0. The highest BCUT2D eigenvalue weighted by molar-refractivity contribution is 7.27. The molecule has 568 valence electrons. The normalized spacial score (nSPS) is 12.0. The smallest absolute Gasteiger partial charge is 0.0392 e. The summed E-state index contributed by atoms with van der Waals surface area (Å²) in [6.45, 7) is 27.5. The van der Waals surface area contributed by atoms with Crippen LogP contribution in [0.1, 0.15) is 105 Å². The number of fused-ring (bicyclic) bond motifs is 12. The van der Waals surface area contributed by atoms with Crippen LogP contribution in [0.5, 0.6) is 0 Å². The molecule has 0 nitrogen and oxygen atoms in total. The first-order valence-corrected chi connectivity index (χ1v) is 43.8. The highest BCUT2D eigenvalue weighted by Gasteiger charge is 2.25. The van der Waals surface area contributed by atoms with Crippen molar-refractivity contribution in [2.24, 2.45) is 0 Å². The van der Waals surface area contributed by atoms with Gasteiger partial charge in [0.15, 0.2) is 0 Å². The average molecular weight is 1570 g/mol. The first-order chi connectivity index (χ1) is 56.1. The number of thiophene rings is 4. The Bertz CT molecular complexity index is 6840. The van der Waals surface area contributed by atoms with Crippen LogP contribution in [-0.2, 0) is 21.7 Å². The monoisotopic (exact) mass is 1570 g/mol. The van der Waals surface area contributed by atoms with Gasteiger partial charge in [-0.3, -0.25) is 0 Å². The summed E-state index contributed by atoms with van der Waals surface area (Å²) in [4.78, 5) is 0. The zero-order chi connectivity index (χ0) is 80.0. The maximum Gasteiger partial charge on any atom is 0.0392 e. The van der Waals surface area contributed by atoms with Crippen molar-refractivity contribution < 1.29 is 0 Å². The minimum absolute atomic E-state index is 0.104.